The summed E-state index contributed by atoms with van der Waals surface area (Å²) in [6, 6.07) is 8.71. The van der Waals surface area contributed by atoms with E-state index in [9.17, 15) is 0 Å². The number of benzene rings is 1. The fraction of sp³-hybridized carbons (Fsp3) is 0.222. The van der Waals surface area contributed by atoms with Gasteiger partial charge in [-0.05, 0) is 35.6 Å². The lowest BCUT2D eigenvalue weighted by Crippen LogP contribution is -2.21. The van der Waals surface area contributed by atoms with E-state index in [-0.39, 0.29) is 0 Å². The van der Waals surface area contributed by atoms with Gasteiger partial charge in [-0.15, -0.1) is 0 Å². The molecule has 0 fully saturated rings. The monoisotopic (exact) mass is 249 g/mol. The minimum atomic E-state index is 0.945. The van der Waals surface area contributed by atoms with Crippen molar-refractivity contribution in [3.05, 3.63) is 77.5 Å². The topological polar surface area (TPSA) is 3.24 Å². The Hall–Kier alpha value is -2.02. The number of fused-ring (bicyclic) bond motifs is 2. The standard InChI is InChI=1S/C18H19N/c1-14(2)19-12-15-8-4-3-5-10-17(15)18-11-7-6-9-16(18)13-19/h4-11H,1,3,12-13H2,2H3. The molecular weight excluding hydrogens is 230 g/mol. The van der Waals surface area contributed by atoms with Crippen LogP contribution in [0.4, 0.5) is 0 Å². The lowest BCUT2D eigenvalue weighted by Gasteiger charge is -2.23. The van der Waals surface area contributed by atoms with E-state index >= 15 is 0 Å². The molecule has 2 aliphatic rings. The molecule has 0 amide bonds. The Morgan fingerprint density at radius 2 is 1.89 bits per heavy atom. The molecule has 1 aromatic carbocycles. The molecule has 1 aromatic rings. The summed E-state index contributed by atoms with van der Waals surface area (Å²) < 4.78 is 0. The maximum Gasteiger partial charge on any atom is 0.0436 e. The molecule has 1 nitrogen and oxygen atoms in total. The molecule has 3 rings (SSSR count). The summed E-state index contributed by atoms with van der Waals surface area (Å²) in [4.78, 5) is 2.35. The highest BCUT2D eigenvalue weighted by Crippen LogP contribution is 2.32. The van der Waals surface area contributed by atoms with Crippen LogP contribution in [0.2, 0.25) is 0 Å². The van der Waals surface area contributed by atoms with E-state index in [0.717, 1.165) is 25.2 Å². The van der Waals surface area contributed by atoms with Gasteiger partial charge in [0, 0.05) is 18.8 Å². The van der Waals surface area contributed by atoms with Crippen LogP contribution >= 0.6 is 0 Å². The zero-order chi connectivity index (χ0) is 13.2. The zero-order valence-electron chi connectivity index (χ0n) is 11.4. The van der Waals surface area contributed by atoms with Gasteiger partial charge >= 0.3 is 0 Å². The van der Waals surface area contributed by atoms with Gasteiger partial charge in [-0.25, -0.2) is 0 Å². The maximum absolute atomic E-state index is 4.12. The second-order valence-electron chi connectivity index (χ2n) is 5.23. The summed E-state index contributed by atoms with van der Waals surface area (Å²) in [7, 11) is 0. The molecule has 0 spiro atoms. The Kier molecular flexibility index (Phi) is 3.12. The smallest absolute Gasteiger partial charge is 0.0436 e. The van der Waals surface area contributed by atoms with E-state index in [0.29, 0.717) is 0 Å². The van der Waals surface area contributed by atoms with Gasteiger partial charge in [0.1, 0.15) is 0 Å². The van der Waals surface area contributed by atoms with E-state index in [1.807, 2.05) is 0 Å². The zero-order valence-corrected chi connectivity index (χ0v) is 11.4. The molecule has 1 heterocycles. The Balaban J connectivity index is 2.18. The third-order valence-corrected chi connectivity index (χ3v) is 3.79. The number of allylic oxidation sites excluding steroid dienone is 5. The van der Waals surface area contributed by atoms with E-state index in [2.05, 4.69) is 67.0 Å². The van der Waals surface area contributed by atoms with Gasteiger partial charge in [-0.2, -0.15) is 0 Å². The third kappa shape index (κ3) is 2.28. The van der Waals surface area contributed by atoms with Crippen molar-refractivity contribution in [1.29, 1.82) is 0 Å². The van der Waals surface area contributed by atoms with E-state index < -0.39 is 0 Å². The highest BCUT2D eigenvalue weighted by molar-refractivity contribution is 5.81. The molecule has 0 radical (unpaired) electrons. The quantitative estimate of drug-likeness (QED) is 0.717. The van der Waals surface area contributed by atoms with Crippen molar-refractivity contribution in [3.63, 3.8) is 0 Å². The van der Waals surface area contributed by atoms with Gasteiger partial charge in [0.15, 0.2) is 0 Å². The molecule has 1 heteroatoms. The summed E-state index contributed by atoms with van der Waals surface area (Å²) in [6.45, 7) is 8.09. The van der Waals surface area contributed by atoms with Crippen LogP contribution in [0, 0.1) is 0 Å². The van der Waals surface area contributed by atoms with Crippen LogP contribution in [0.15, 0.2) is 66.4 Å². The normalized spacial score (nSPS) is 17.6. The summed E-state index contributed by atoms with van der Waals surface area (Å²) in [5, 5.41) is 0. The predicted molar refractivity (Wildman–Crippen MR) is 81.5 cm³/mol. The third-order valence-electron chi connectivity index (χ3n) is 3.79. The van der Waals surface area contributed by atoms with Crippen LogP contribution in [-0.4, -0.2) is 11.4 Å². The number of hydrogen-bond donors (Lipinski definition) is 0. The van der Waals surface area contributed by atoms with Crippen molar-refractivity contribution in [3.8, 4) is 0 Å². The first-order valence-corrected chi connectivity index (χ1v) is 6.80. The summed E-state index contributed by atoms with van der Waals surface area (Å²) >= 11 is 0. The molecule has 1 aliphatic carbocycles. The first kappa shape index (κ1) is 12.0. The Labute approximate surface area is 115 Å². The van der Waals surface area contributed by atoms with Crippen molar-refractivity contribution in [2.75, 3.05) is 6.54 Å². The highest BCUT2D eigenvalue weighted by atomic mass is 15.1. The predicted octanol–water partition coefficient (Wildman–Crippen LogP) is 4.31. The first-order valence-electron chi connectivity index (χ1n) is 6.80. The van der Waals surface area contributed by atoms with Crippen LogP contribution in [0.3, 0.4) is 0 Å². The van der Waals surface area contributed by atoms with Crippen molar-refractivity contribution < 1.29 is 0 Å². The van der Waals surface area contributed by atoms with Gasteiger partial charge in [0.25, 0.3) is 0 Å². The molecule has 96 valence electrons. The number of nitrogens with zero attached hydrogens (tertiary/aromatic N) is 1. The Morgan fingerprint density at radius 3 is 2.74 bits per heavy atom. The Morgan fingerprint density at radius 1 is 1.11 bits per heavy atom. The SMILES string of the molecule is C=C(C)N1CC2=C(C=CCC=C2)c2ccccc2C1. The summed E-state index contributed by atoms with van der Waals surface area (Å²) in [6.07, 6.45) is 10.0. The highest BCUT2D eigenvalue weighted by Gasteiger charge is 2.19. The van der Waals surface area contributed by atoms with Gasteiger partial charge in [0.2, 0.25) is 0 Å². The molecular formula is C18H19N. The summed E-state index contributed by atoms with van der Waals surface area (Å²) in [5.41, 5.74) is 6.64. The maximum atomic E-state index is 4.12. The number of rotatable bonds is 1. The second kappa shape index (κ2) is 4.93. The van der Waals surface area contributed by atoms with Crippen LogP contribution in [0.25, 0.3) is 5.57 Å². The summed E-state index contributed by atoms with van der Waals surface area (Å²) in [5.74, 6) is 0. The van der Waals surface area contributed by atoms with E-state index in [1.165, 1.54) is 22.3 Å². The molecule has 0 saturated carbocycles. The molecule has 0 N–H and O–H groups in total. The van der Waals surface area contributed by atoms with Crippen LogP contribution < -0.4 is 0 Å². The lowest BCUT2D eigenvalue weighted by atomic mass is 9.97. The fourth-order valence-corrected chi connectivity index (χ4v) is 2.73. The second-order valence-corrected chi connectivity index (χ2v) is 5.23. The lowest BCUT2D eigenvalue weighted by molar-refractivity contribution is 0.372. The van der Waals surface area contributed by atoms with Gasteiger partial charge in [-0.1, -0.05) is 55.1 Å². The first-order chi connectivity index (χ1) is 9.25. The molecule has 19 heavy (non-hydrogen) atoms. The minimum absolute atomic E-state index is 0.945. The van der Waals surface area contributed by atoms with Crippen molar-refractivity contribution >= 4 is 5.57 Å². The molecule has 1 aliphatic heterocycles. The van der Waals surface area contributed by atoms with Gasteiger partial charge in [-0.3, -0.25) is 0 Å². The average molecular weight is 249 g/mol. The molecule has 0 saturated heterocycles. The molecule has 0 bridgehead atoms. The van der Waals surface area contributed by atoms with Crippen molar-refractivity contribution in [1.82, 2.24) is 4.90 Å². The van der Waals surface area contributed by atoms with Crippen molar-refractivity contribution in [2.45, 2.75) is 19.9 Å². The van der Waals surface area contributed by atoms with Crippen molar-refractivity contribution in [2.24, 2.45) is 0 Å². The number of hydrogen-bond acceptors (Lipinski definition) is 1. The molecule has 0 unspecified atom stereocenters. The van der Waals surface area contributed by atoms with E-state index in [1.54, 1.807) is 0 Å². The fourth-order valence-electron chi connectivity index (χ4n) is 2.73. The average Bonchev–Trinajstić information content (AvgIpc) is 2.70. The van der Waals surface area contributed by atoms with Gasteiger partial charge < -0.3 is 4.90 Å². The van der Waals surface area contributed by atoms with Crippen LogP contribution in [-0.2, 0) is 6.54 Å². The van der Waals surface area contributed by atoms with Crippen LogP contribution in [0.5, 0.6) is 0 Å². The molecule has 0 aromatic heterocycles. The van der Waals surface area contributed by atoms with Gasteiger partial charge in [0.05, 0.1) is 0 Å². The minimum Gasteiger partial charge on any atom is -0.367 e. The largest absolute Gasteiger partial charge is 0.367 e. The molecule has 0 atom stereocenters. The van der Waals surface area contributed by atoms with Crippen LogP contribution in [0.1, 0.15) is 24.5 Å². The van der Waals surface area contributed by atoms with E-state index in [4.69, 9.17) is 0 Å². The Bertz CT molecular complexity index is 602.